The Morgan fingerprint density at radius 1 is 1.45 bits per heavy atom. The van der Waals surface area contributed by atoms with E-state index >= 15 is 0 Å². The Morgan fingerprint density at radius 2 is 2.10 bits per heavy atom. The highest BCUT2D eigenvalue weighted by Gasteiger charge is 2.18. The minimum absolute atomic E-state index is 0. The number of esters is 1. The Labute approximate surface area is 126 Å². The van der Waals surface area contributed by atoms with Gasteiger partial charge in [0.05, 0.1) is 18.4 Å². The molecule has 20 heavy (non-hydrogen) atoms. The Morgan fingerprint density at radius 3 is 2.55 bits per heavy atom. The zero-order chi connectivity index (χ0) is 14.5. The summed E-state index contributed by atoms with van der Waals surface area (Å²) in [6.45, 7) is 6.54. The molecule has 1 aromatic heterocycles. The molecule has 0 amide bonds. The van der Waals surface area contributed by atoms with E-state index in [1.165, 1.54) is 7.11 Å². The lowest BCUT2D eigenvalue weighted by atomic mass is 9.93. The summed E-state index contributed by atoms with van der Waals surface area (Å²) in [4.78, 5) is 17.7. The second-order valence-electron chi connectivity index (χ2n) is 5.57. The second kappa shape index (κ2) is 8.19. The molecule has 0 radical (unpaired) electrons. The molecule has 1 aromatic rings. The number of rotatable bonds is 6. The molecule has 6 heteroatoms. The molecule has 114 valence electrons. The predicted octanol–water partition coefficient (Wildman–Crippen LogP) is 1.71. The molecule has 0 aromatic carbocycles. The van der Waals surface area contributed by atoms with Crippen molar-refractivity contribution < 1.29 is 9.53 Å². The molecule has 1 heterocycles. The molecule has 0 aliphatic heterocycles. The van der Waals surface area contributed by atoms with Crippen molar-refractivity contribution in [2.45, 2.75) is 20.4 Å². The van der Waals surface area contributed by atoms with E-state index in [4.69, 9.17) is 5.73 Å². The average molecular weight is 302 g/mol. The first-order chi connectivity index (χ1) is 8.88. The molecule has 0 saturated heterocycles. The molecule has 0 bridgehead atoms. The van der Waals surface area contributed by atoms with Gasteiger partial charge < -0.3 is 10.5 Å². The van der Waals surface area contributed by atoms with E-state index in [-0.39, 0.29) is 23.8 Å². The number of nitrogens with zero attached hydrogens (tertiary/aromatic N) is 2. The first-order valence-corrected chi connectivity index (χ1v) is 6.30. The maximum absolute atomic E-state index is 11.3. The SMILES string of the molecule is COC(=O)c1ccc(CN(C)CC(C)(C)CN)nc1.Cl. The van der Waals surface area contributed by atoms with Crippen molar-refractivity contribution >= 4 is 18.4 Å². The molecular formula is C14H24ClN3O2. The van der Waals surface area contributed by atoms with Crippen molar-refractivity contribution in [1.82, 2.24) is 9.88 Å². The predicted molar refractivity (Wildman–Crippen MR) is 82.0 cm³/mol. The van der Waals surface area contributed by atoms with E-state index in [0.717, 1.165) is 18.8 Å². The number of hydrogen-bond donors (Lipinski definition) is 1. The number of nitrogens with two attached hydrogens (primary N) is 1. The third-order valence-corrected chi connectivity index (χ3v) is 2.93. The van der Waals surface area contributed by atoms with Gasteiger partial charge in [-0.15, -0.1) is 12.4 Å². The number of aromatic nitrogens is 1. The van der Waals surface area contributed by atoms with Crippen LogP contribution < -0.4 is 5.73 Å². The molecule has 1 rings (SSSR count). The second-order valence-corrected chi connectivity index (χ2v) is 5.57. The van der Waals surface area contributed by atoms with Crippen LogP contribution in [0.5, 0.6) is 0 Å². The van der Waals surface area contributed by atoms with Crippen molar-refractivity contribution in [3.63, 3.8) is 0 Å². The minimum atomic E-state index is -0.364. The Balaban J connectivity index is 0.00000361. The third-order valence-electron chi connectivity index (χ3n) is 2.93. The highest BCUT2D eigenvalue weighted by molar-refractivity contribution is 5.88. The van der Waals surface area contributed by atoms with Gasteiger partial charge in [-0.05, 0) is 31.1 Å². The van der Waals surface area contributed by atoms with E-state index < -0.39 is 0 Å². The normalized spacial score (nSPS) is 11.1. The maximum Gasteiger partial charge on any atom is 0.339 e. The van der Waals surface area contributed by atoms with Crippen molar-refractivity contribution in [3.05, 3.63) is 29.6 Å². The highest BCUT2D eigenvalue weighted by Crippen LogP contribution is 2.15. The molecule has 5 nitrogen and oxygen atoms in total. The van der Waals surface area contributed by atoms with E-state index in [9.17, 15) is 4.79 Å². The summed E-state index contributed by atoms with van der Waals surface area (Å²) in [5.41, 5.74) is 7.19. The minimum Gasteiger partial charge on any atom is -0.465 e. The number of methoxy groups -OCH3 is 1. The monoisotopic (exact) mass is 301 g/mol. The average Bonchev–Trinajstić information content (AvgIpc) is 2.38. The Bertz CT molecular complexity index is 421. The van der Waals surface area contributed by atoms with Gasteiger partial charge in [-0.3, -0.25) is 9.88 Å². The van der Waals surface area contributed by atoms with Crippen LogP contribution in [0.1, 0.15) is 29.9 Å². The van der Waals surface area contributed by atoms with Gasteiger partial charge in [-0.25, -0.2) is 4.79 Å². The van der Waals surface area contributed by atoms with Crippen LogP contribution in [0.4, 0.5) is 0 Å². The summed E-state index contributed by atoms with van der Waals surface area (Å²) in [7, 11) is 3.40. The molecule has 0 unspecified atom stereocenters. The van der Waals surface area contributed by atoms with Crippen molar-refractivity contribution in [3.8, 4) is 0 Å². The van der Waals surface area contributed by atoms with Crippen LogP contribution in [0.2, 0.25) is 0 Å². The molecule has 2 N–H and O–H groups in total. The summed E-state index contributed by atoms with van der Waals surface area (Å²) in [6.07, 6.45) is 1.54. The summed E-state index contributed by atoms with van der Waals surface area (Å²) in [5.74, 6) is -0.364. The summed E-state index contributed by atoms with van der Waals surface area (Å²) in [6, 6.07) is 3.58. The van der Waals surface area contributed by atoms with E-state index in [0.29, 0.717) is 12.1 Å². The lowest BCUT2D eigenvalue weighted by Gasteiger charge is -2.28. The standard InChI is InChI=1S/C14H23N3O2.ClH/c1-14(2,9-15)10-17(3)8-12-6-5-11(7-16-12)13(18)19-4;/h5-7H,8-10,15H2,1-4H3;1H. The summed E-state index contributed by atoms with van der Waals surface area (Å²) in [5, 5.41) is 0. The largest absolute Gasteiger partial charge is 0.465 e. The van der Waals surface area contributed by atoms with Gasteiger partial charge in [0.1, 0.15) is 0 Å². The van der Waals surface area contributed by atoms with Crippen LogP contribution in [0.25, 0.3) is 0 Å². The maximum atomic E-state index is 11.3. The van der Waals surface area contributed by atoms with Crippen LogP contribution in [-0.4, -0.2) is 43.1 Å². The topological polar surface area (TPSA) is 68.5 Å². The smallest absolute Gasteiger partial charge is 0.339 e. The summed E-state index contributed by atoms with van der Waals surface area (Å²) >= 11 is 0. The van der Waals surface area contributed by atoms with Crippen LogP contribution in [0.3, 0.4) is 0 Å². The highest BCUT2D eigenvalue weighted by atomic mass is 35.5. The lowest BCUT2D eigenvalue weighted by Crippen LogP contribution is -2.36. The number of carbonyl (C=O) groups is 1. The number of carbonyl (C=O) groups excluding carboxylic acids is 1. The molecule has 0 aliphatic rings. The van der Waals surface area contributed by atoms with E-state index in [1.807, 2.05) is 13.1 Å². The number of hydrogen-bond acceptors (Lipinski definition) is 5. The van der Waals surface area contributed by atoms with Crippen LogP contribution >= 0.6 is 12.4 Å². The Hall–Kier alpha value is -1.17. The fourth-order valence-corrected chi connectivity index (χ4v) is 1.88. The molecule has 0 saturated carbocycles. The van der Waals surface area contributed by atoms with Crippen LogP contribution in [-0.2, 0) is 11.3 Å². The van der Waals surface area contributed by atoms with Crippen LogP contribution in [0, 0.1) is 5.41 Å². The first-order valence-electron chi connectivity index (χ1n) is 6.30. The Kier molecular flexibility index (Phi) is 7.71. The fraction of sp³-hybridized carbons (Fsp3) is 0.571. The molecule has 0 atom stereocenters. The van der Waals surface area contributed by atoms with E-state index in [2.05, 4.69) is 28.5 Å². The van der Waals surface area contributed by atoms with E-state index in [1.54, 1.807) is 12.3 Å². The zero-order valence-electron chi connectivity index (χ0n) is 12.5. The number of pyridine rings is 1. The molecule has 0 aliphatic carbocycles. The number of ether oxygens (including phenoxy) is 1. The van der Waals surface area contributed by atoms with Crippen molar-refractivity contribution in [1.29, 1.82) is 0 Å². The zero-order valence-corrected chi connectivity index (χ0v) is 13.4. The van der Waals surface area contributed by atoms with Gasteiger partial charge in [0.2, 0.25) is 0 Å². The first kappa shape index (κ1) is 18.8. The molecule has 0 fully saturated rings. The van der Waals surface area contributed by atoms with Crippen molar-refractivity contribution in [2.75, 3.05) is 27.2 Å². The fourth-order valence-electron chi connectivity index (χ4n) is 1.88. The van der Waals surface area contributed by atoms with Gasteiger partial charge in [0, 0.05) is 19.3 Å². The van der Waals surface area contributed by atoms with Gasteiger partial charge >= 0.3 is 5.97 Å². The summed E-state index contributed by atoms with van der Waals surface area (Å²) < 4.78 is 4.63. The molecule has 0 spiro atoms. The van der Waals surface area contributed by atoms with Gasteiger partial charge in [-0.1, -0.05) is 13.8 Å². The lowest BCUT2D eigenvalue weighted by molar-refractivity contribution is 0.0600. The third kappa shape index (κ3) is 5.86. The molecular weight excluding hydrogens is 278 g/mol. The van der Waals surface area contributed by atoms with Gasteiger partial charge in [0.25, 0.3) is 0 Å². The number of halogens is 1. The van der Waals surface area contributed by atoms with Gasteiger partial charge in [-0.2, -0.15) is 0 Å². The van der Waals surface area contributed by atoms with Gasteiger partial charge in [0.15, 0.2) is 0 Å². The van der Waals surface area contributed by atoms with Crippen molar-refractivity contribution in [2.24, 2.45) is 11.1 Å². The quantitative estimate of drug-likeness (QED) is 0.810. The van der Waals surface area contributed by atoms with Crippen LogP contribution in [0.15, 0.2) is 18.3 Å².